The van der Waals surface area contributed by atoms with Crippen molar-refractivity contribution in [2.75, 3.05) is 5.32 Å². The number of fused-ring (bicyclic) bond motifs is 1. The number of nitrogens with one attached hydrogen (secondary N) is 2. The molecule has 7 heteroatoms. The number of amides is 1. The summed E-state index contributed by atoms with van der Waals surface area (Å²) >= 11 is 5.83. The van der Waals surface area contributed by atoms with E-state index in [1.807, 2.05) is 0 Å². The van der Waals surface area contributed by atoms with E-state index in [1.54, 1.807) is 0 Å². The Balaban J connectivity index is 2.44. The Hall–Kier alpha value is -1.95. The van der Waals surface area contributed by atoms with Crippen LogP contribution in [0.2, 0.25) is 5.15 Å². The number of aromatic nitrogens is 4. The third kappa shape index (κ3) is 1.79. The second kappa shape index (κ2) is 3.66. The summed E-state index contributed by atoms with van der Waals surface area (Å²) in [7, 11) is 0. The molecule has 0 bridgehead atoms. The zero-order valence-electron chi connectivity index (χ0n) is 7.49. The van der Waals surface area contributed by atoms with Crippen LogP contribution in [0.1, 0.15) is 0 Å². The summed E-state index contributed by atoms with van der Waals surface area (Å²) < 4.78 is 0. The molecule has 1 amide bonds. The van der Waals surface area contributed by atoms with Crippen LogP contribution >= 0.6 is 11.6 Å². The normalized spacial score (nSPS) is 10.2. The fourth-order valence-electron chi connectivity index (χ4n) is 1.01. The molecule has 0 aromatic carbocycles. The van der Waals surface area contributed by atoms with Gasteiger partial charge in [0.15, 0.2) is 10.8 Å². The van der Waals surface area contributed by atoms with Gasteiger partial charge < -0.3 is 4.98 Å². The quantitative estimate of drug-likeness (QED) is 0.591. The van der Waals surface area contributed by atoms with Crippen LogP contribution in [0.3, 0.4) is 0 Å². The molecule has 0 atom stereocenters. The highest BCUT2D eigenvalue weighted by Gasteiger charge is 2.08. The lowest BCUT2D eigenvalue weighted by atomic mass is 10.5. The van der Waals surface area contributed by atoms with Gasteiger partial charge in [-0.05, 0) is 6.08 Å². The molecule has 0 saturated carbocycles. The predicted molar refractivity (Wildman–Crippen MR) is 55.5 cm³/mol. The van der Waals surface area contributed by atoms with Crippen LogP contribution < -0.4 is 5.32 Å². The number of hydrogen-bond acceptors (Lipinski definition) is 4. The lowest BCUT2D eigenvalue weighted by Gasteiger charge is -2.00. The van der Waals surface area contributed by atoms with Crippen LogP contribution in [0.4, 0.5) is 5.95 Å². The minimum atomic E-state index is -0.402. The molecule has 76 valence electrons. The van der Waals surface area contributed by atoms with Crippen LogP contribution in [0.5, 0.6) is 0 Å². The van der Waals surface area contributed by atoms with Gasteiger partial charge in [0, 0.05) is 0 Å². The molecule has 6 nitrogen and oxygen atoms in total. The van der Waals surface area contributed by atoms with Crippen molar-refractivity contribution < 1.29 is 4.79 Å². The maximum absolute atomic E-state index is 11.0. The first-order chi connectivity index (χ1) is 7.20. The Morgan fingerprint density at radius 3 is 3.13 bits per heavy atom. The maximum Gasteiger partial charge on any atom is 0.250 e. The number of aromatic amines is 1. The van der Waals surface area contributed by atoms with E-state index in [0.29, 0.717) is 11.2 Å². The van der Waals surface area contributed by atoms with Crippen molar-refractivity contribution in [1.29, 1.82) is 0 Å². The van der Waals surface area contributed by atoms with Crippen LogP contribution in [0.25, 0.3) is 11.2 Å². The Morgan fingerprint density at radius 1 is 1.60 bits per heavy atom. The number of rotatable bonds is 2. The summed E-state index contributed by atoms with van der Waals surface area (Å²) in [6, 6.07) is 0. The fourth-order valence-corrected chi connectivity index (χ4v) is 1.23. The minimum Gasteiger partial charge on any atom is -0.341 e. The number of H-pyrrole nitrogens is 1. The first-order valence-electron chi connectivity index (χ1n) is 4.00. The van der Waals surface area contributed by atoms with Gasteiger partial charge in [0.05, 0.1) is 6.33 Å². The van der Waals surface area contributed by atoms with Crippen molar-refractivity contribution in [3.05, 3.63) is 24.1 Å². The Morgan fingerprint density at radius 2 is 2.40 bits per heavy atom. The number of carbonyl (C=O) groups is 1. The number of anilines is 1. The van der Waals surface area contributed by atoms with Crippen molar-refractivity contribution in [3.8, 4) is 0 Å². The minimum absolute atomic E-state index is 0.101. The topological polar surface area (TPSA) is 83.6 Å². The maximum atomic E-state index is 11.0. The van der Waals surface area contributed by atoms with Crippen LogP contribution in [0, 0.1) is 0 Å². The molecule has 0 radical (unpaired) electrons. The van der Waals surface area contributed by atoms with Gasteiger partial charge in [-0.1, -0.05) is 18.2 Å². The molecular formula is C8H6ClN5O. The van der Waals surface area contributed by atoms with Gasteiger partial charge in [0.25, 0.3) is 0 Å². The number of halogens is 1. The summed E-state index contributed by atoms with van der Waals surface area (Å²) in [6.07, 6.45) is 2.57. The molecule has 2 heterocycles. The van der Waals surface area contributed by atoms with Crippen molar-refractivity contribution >= 4 is 34.6 Å². The fraction of sp³-hybridized carbons (Fsp3) is 0. The Bertz CT molecular complexity index is 535. The van der Waals surface area contributed by atoms with Gasteiger partial charge in [-0.3, -0.25) is 10.1 Å². The Labute approximate surface area is 89.4 Å². The van der Waals surface area contributed by atoms with Gasteiger partial charge >= 0.3 is 0 Å². The third-order valence-electron chi connectivity index (χ3n) is 1.66. The molecule has 0 aliphatic carbocycles. The molecule has 2 rings (SSSR count). The Kier molecular flexibility index (Phi) is 2.34. The molecule has 0 unspecified atom stereocenters. The van der Waals surface area contributed by atoms with Crippen molar-refractivity contribution in [3.63, 3.8) is 0 Å². The predicted octanol–water partition coefficient (Wildman–Crippen LogP) is 1.13. The second-order valence-electron chi connectivity index (χ2n) is 2.63. The molecule has 0 fully saturated rings. The summed E-state index contributed by atoms with van der Waals surface area (Å²) in [5, 5.41) is 2.60. The molecule has 0 saturated heterocycles. The van der Waals surface area contributed by atoms with Gasteiger partial charge in [-0.15, -0.1) is 0 Å². The first-order valence-corrected chi connectivity index (χ1v) is 4.38. The largest absolute Gasteiger partial charge is 0.341 e. The van der Waals surface area contributed by atoms with E-state index >= 15 is 0 Å². The van der Waals surface area contributed by atoms with Crippen molar-refractivity contribution in [2.45, 2.75) is 0 Å². The highest BCUT2D eigenvalue weighted by Crippen LogP contribution is 2.17. The van der Waals surface area contributed by atoms with Crippen LogP contribution in [0.15, 0.2) is 19.0 Å². The molecule has 2 N–H and O–H groups in total. The van der Waals surface area contributed by atoms with Crippen LogP contribution in [-0.2, 0) is 4.79 Å². The average Bonchev–Trinajstić information content (AvgIpc) is 2.66. The highest BCUT2D eigenvalue weighted by molar-refractivity contribution is 6.33. The van der Waals surface area contributed by atoms with E-state index in [1.165, 1.54) is 6.33 Å². The van der Waals surface area contributed by atoms with Gasteiger partial charge in [-0.25, -0.2) is 4.98 Å². The van der Waals surface area contributed by atoms with E-state index in [2.05, 4.69) is 31.8 Å². The van der Waals surface area contributed by atoms with Gasteiger partial charge in [0.2, 0.25) is 11.9 Å². The number of carbonyl (C=O) groups excluding carboxylic acids is 1. The average molecular weight is 224 g/mol. The molecule has 0 spiro atoms. The van der Waals surface area contributed by atoms with Crippen molar-refractivity contribution in [2.24, 2.45) is 0 Å². The zero-order valence-corrected chi connectivity index (χ0v) is 8.25. The molecular weight excluding hydrogens is 218 g/mol. The SMILES string of the molecule is C=CC(=O)Nc1nc(Cl)c2[nH]cnc2n1. The zero-order chi connectivity index (χ0) is 10.8. The lowest BCUT2D eigenvalue weighted by Crippen LogP contribution is -2.10. The molecule has 0 aliphatic rings. The first kappa shape index (κ1) is 9.60. The van der Waals surface area contributed by atoms with E-state index in [-0.39, 0.29) is 11.1 Å². The highest BCUT2D eigenvalue weighted by atomic mass is 35.5. The van der Waals surface area contributed by atoms with E-state index in [9.17, 15) is 4.79 Å². The smallest absolute Gasteiger partial charge is 0.250 e. The standard InChI is InChI=1S/C8H6ClN5O/c1-2-4(15)12-8-13-6(9)5-7(14-8)11-3-10-5/h2-3H,1H2,(H2,10,11,12,13,14,15). The van der Waals surface area contributed by atoms with Crippen molar-refractivity contribution in [1.82, 2.24) is 19.9 Å². The summed E-state index contributed by atoms with van der Waals surface area (Å²) in [5.74, 6) is -0.301. The van der Waals surface area contributed by atoms with Gasteiger partial charge in [0.1, 0.15) is 5.52 Å². The summed E-state index contributed by atoms with van der Waals surface area (Å²) in [6.45, 7) is 3.31. The van der Waals surface area contributed by atoms with Gasteiger partial charge in [-0.2, -0.15) is 9.97 Å². The molecule has 0 aliphatic heterocycles. The molecule has 2 aromatic rings. The number of imidazole rings is 1. The van der Waals surface area contributed by atoms with E-state index in [0.717, 1.165) is 6.08 Å². The summed E-state index contributed by atoms with van der Waals surface area (Å²) in [5.41, 5.74) is 0.933. The molecule has 15 heavy (non-hydrogen) atoms. The van der Waals surface area contributed by atoms with E-state index < -0.39 is 5.91 Å². The number of hydrogen-bond donors (Lipinski definition) is 2. The lowest BCUT2D eigenvalue weighted by molar-refractivity contribution is -0.111. The second-order valence-corrected chi connectivity index (χ2v) is 2.99. The monoisotopic (exact) mass is 223 g/mol. The van der Waals surface area contributed by atoms with E-state index in [4.69, 9.17) is 11.6 Å². The third-order valence-corrected chi connectivity index (χ3v) is 1.94. The number of nitrogens with zero attached hydrogens (tertiary/aromatic N) is 3. The molecule has 2 aromatic heterocycles. The summed E-state index contributed by atoms with van der Waals surface area (Å²) in [4.78, 5) is 25.5. The van der Waals surface area contributed by atoms with Crippen LogP contribution in [-0.4, -0.2) is 25.8 Å².